The van der Waals surface area contributed by atoms with E-state index in [0.29, 0.717) is 5.69 Å². The number of nitrogens with zero attached hydrogens (tertiary/aromatic N) is 2. The molecule has 4 N–H and O–H groups in total. The average Bonchev–Trinajstić information content (AvgIpc) is 2.49. The zero-order valence-corrected chi connectivity index (χ0v) is 12.7. The summed E-state index contributed by atoms with van der Waals surface area (Å²) < 4.78 is 0. The number of hydrogen-bond acceptors (Lipinski definition) is 4. The number of nitrogens with two attached hydrogens (primary N) is 1. The molecule has 9 heteroatoms. The van der Waals surface area contributed by atoms with Gasteiger partial charge < -0.3 is 5.73 Å². The Kier molecular flexibility index (Phi) is 4.95. The van der Waals surface area contributed by atoms with E-state index in [9.17, 15) is 4.79 Å². The number of hydrogen-bond donors (Lipinski definition) is 2. The molecule has 0 radical (unpaired) electrons. The molecule has 0 bridgehead atoms. The number of pyridine rings is 2. The van der Waals surface area contributed by atoms with Crippen LogP contribution in [0, 0.1) is 0 Å². The van der Waals surface area contributed by atoms with Crippen molar-refractivity contribution >= 4 is 52.6 Å². The van der Waals surface area contributed by atoms with Gasteiger partial charge in [0, 0.05) is 6.20 Å². The van der Waals surface area contributed by atoms with Crippen molar-refractivity contribution in [2.24, 2.45) is 5.10 Å². The van der Waals surface area contributed by atoms with E-state index in [1.807, 2.05) is 0 Å². The third-order valence-electron chi connectivity index (χ3n) is 2.40. The van der Waals surface area contributed by atoms with Gasteiger partial charge in [0.25, 0.3) is 10.8 Å². The fourth-order valence-corrected chi connectivity index (χ4v) is 2.00. The van der Waals surface area contributed by atoms with Crippen LogP contribution in [0.2, 0.25) is 15.2 Å². The summed E-state index contributed by atoms with van der Waals surface area (Å²) in [5, 5.41) is 3.79. The van der Waals surface area contributed by atoms with Crippen LogP contribution < -0.4 is 16.1 Å². The lowest BCUT2D eigenvalue weighted by atomic mass is 10.3. The molecule has 0 unspecified atom stereocenters. The van der Waals surface area contributed by atoms with Gasteiger partial charge in [0.05, 0.1) is 17.6 Å². The van der Waals surface area contributed by atoms with Gasteiger partial charge in [-0.1, -0.05) is 29.3 Å². The van der Waals surface area contributed by atoms with Crippen molar-refractivity contribution in [1.82, 2.24) is 10.4 Å². The predicted molar refractivity (Wildman–Crippen MR) is 81.7 cm³/mol. The van der Waals surface area contributed by atoms with Crippen LogP contribution in [0.3, 0.4) is 0 Å². The molecule has 0 saturated heterocycles. The van der Waals surface area contributed by atoms with Crippen LogP contribution in [0.4, 0.5) is 5.69 Å². The highest BCUT2D eigenvalue weighted by Gasteiger charge is 2.25. The van der Waals surface area contributed by atoms with Crippen molar-refractivity contribution in [3.8, 4) is 0 Å². The summed E-state index contributed by atoms with van der Waals surface area (Å²) in [4.78, 5) is 18.5. The SMILES string of the molecule is Nc1c(Cl)c(Cl)[nH+]c(C(=O)N/N=C\c2ccccn2)c1Cl. The molecule has 2 rings (SSSR count). The van der Waals surface area contributed by atoms with Crippen LogP contribution in [-0.4, -0.2) is 17.1 Å². The molecular weight excluding hydrogens is 337 g/mol. The summed E-state index contributed by atoms with van der Waals surface area (Å²) in [5.41, 5.74) is 8.48. The van der Waals surface area contributed by atoms with Crippen LogP contribution in [0.1, 0.15) is 16.2 Å². The highest BCUT2D eigenvalue weighted by Crippen LogP contribution is 2.31. The Morgan fingerprint density at radius 1 is 1.33 bits per heavy atom. The Labute approximate surface area is 134 Å². The van der Waals surface area contributed by atoms with Crippen molar-refractivity contribution in [3.63, 3.8) is 0 Å². The summed E-state index contributed by atoms with van der Waals surface area (Å²) in [6.07, 6.45) is 2.99. The number of nitrogen functional groups attached to an aromatic ring is 1. The van der Waals surface area contributed by atoms with E-state index < -0.39 is 5.91 Å². The first-order chi connectivity index (χ1) is 10.0. The van der Waals surface area contributed by atoms with Gasteiger partial charge in [0.1, 0.15) is 10.0 Å². The Bertz CT molecular complexity index is 706. The molecule has 0 fully saturated rings. The average molecular weight is 346 g/mol. The molecule has 2 heterocycles. The Hall–Kier alpha value is -1.89. The third-order valence-corrected chi connectivity index (χ3v) is 3.56. The second kappa shape index (κ2) is 6.71. The maximum atomic E-state index is 12.0. The van der Waals surface area contributed by atoms with Crippen LogP contribution in [-0.2, 0) is 0 Å². The summed E-state index contributed by atoms with van der Waals surface area (Å²) >= 11 is 17.5. The monoisotopic (exact) mass is 344 g/mol. The van der Waals surface area contributed by atoms with Crippen LogP contribution in [0.5, 0.6) is 0 Å². The quantitative estimate of drug-likeness (QED) is 0.507. The molecule has 0 aromatic carbocycles. The summed E-state index contributed by atoms with van der Waals surface area (Å²) in [6, 6.07) is 5.29. The van der Waals surface area contributed by atoms with Gasteiger partial charge in [-0.3, -0.25) is 9.78 Å². The molecule has 21 heavy (non-hydrogen) atoms. The largest absolute Gasteiger partial charge is 0.396 e. The van der Waals surface area contributed by atoms with Crippen LogP contribution >= 0.6 is 34.8 Å². The summed E-state index contributed by atoms with van der Waals surface area (Å²) in [7, 11) is 0. The molecule has 0 spiro atoms. The Morgan fingerprint density at radius 2 is 2.10 bits per heavy atom. The van der Waals surface area contributed by atoms with Crippen molar-refractivity contribution in [1.29, 1.82) is 0 Å². The number of aromatic amines is 1. The van der Waals surface area contributed by atoms with E-state index in [0.717, 1.165) is 0 Å². The molecule has 1 amide bonds. The fraction of sp³-hybridized carbons (Fsp3) is 0. The van der Waals surface area contributed by atoms with Crippen molar-refractivity contribution < 1.29 is 9.78 Å². The topological polar surface area (TPSA) is 94.5 Å². The fourth-order valence-electron chi connectivity index (χ4n) is 1.39. The number of halogens is 3. The molecule has 0 aliphatic rings. The first-order valence-electron chi connectivity index (χ1n) is 5.60. The molecule has 6 nitrogen and oxygen atoms in total. The molecule has 108 valence electrons. The van der Waals surface area contributed by atoms with E-state index in [4.69, 9.17) is 40.5 Å². The molecule has 0 aliphatic heterocycles. The molecule has 0 aliphatic carbocycles. The smallest absolute Gasteiger partial charge is 0.337 e. The minimum atomic E-state index is -0.613. The highest BCUT2D eigenvalue weighted by atomic mass is 35.5. The van der Waals surface area contributed by atoms with Crippen molar-refractivity contribution in [2.45, 2.75) is 0 Å². The maximum absolute atomic E-state index is 12.0. The van der Waals surface area contributed by atoms with E-state index in [2.05, 4.69) is 20.5 Å². The van der Waals surface area contributed by atoms with Crippen LogP contribution in [0.15, 0.2) is 29.5 Å². The van der Waals surface area contributed by atoms with Gasteiger partial charge in [-0.15, -0.1) is 0 Å². The molecule has 2 aromatic heterocycles. The standard InChI is InChI=1S/C12H8Cl3N5O/c13-7-9(16)8(14)11(15)19-10(7)12(21)20-18-5-6-3-1-2-4-17-6/h1-5H,(H2,16,19)(H,20,21)/p+1/b18-5-. The first kappa shape index (κ1) is 15.5. The van der Waals surface area contributed by atoms with E-state index in [1.54, 1.807) is 24.4 Å². The lowest BCUT2D eigenvalue weighted by Gasteiger charge is -2.02. The van der Waals surface area contributed by atoms with Crippen molar-refractivity contribution in [2.75, 3.05) is 5.73 Å². The number of hydrazone groups is 1. The van der Waals surface area contributed by atoms with Gasteiger partial charge in [0.2, 0.25) is 0 Å². The maximum Gasteiger partial charge on any atom is 0.337 e. The predicted octanol–water partition coefficient (Wildman–Crippen LogP) is 2.20. The van der Waals surface area contributed by atoms with E-state index in [-0.39, 0.29) is 26.6 Å². The van der Waals surface area contributed by atoms with Gasteiger partial charge in [-0.25, -0.2) is 5.43 Å². The molecular formula is C12H9Cl3N5O+. The zero-order chi connectivity index (χ0) is 15.4. The van der Waals surface area contributed by atoms with Gasteiger partial charge in [-0.2, -0.15) is 10.1 Å². The number of carbonyl (C=O) groups excluding carboxylic acids is 1. The molecule has 2 aromatic rings. The van der Waals surface area contributed by atoms with Crippen molar-refractivity contribution in [3.05, 3.63) is 51.0 Å². The Balaban J connectivity index is 2.16. The number of rotatable bonds is 3. The first-order valence-corrected chi connectivity index (χ1v) is 6.73. The lowest BCUT2D eigenvalue weighted by Crippen LogP contribution is -2.28. The van der Waals surface area contributed by atoms with Crippen LogP contribution in [0.25, 0.3) is 0 Å². The molecule has 0 atom stereocenters. The highest BCUT2D eigenvalue weighted by molar-refractivity contribution is 6.45. The number of H-pyrrole nitrogens is 1. The lowest BCUT2D eigenvalue weighted by molar-refractivity contribution is -0.379. The minimum absolute atomic E-state index is 0.0115. The number of nitrogens with one attached hydrogen (secondary N) is 2. The summed E-state index contributed by atoms with van der Waals surface area (Å²) in [6.45, 7) is 0. The minimum Gasteiger partial charge on any atom is -0.396 e. The second-order valence-corrected chi connectivity index (χ2v) is 4.94. The number of anilines is 1. The second-order valence-electron chi connectivity index (χ2n) is 3.81. The zero-order valence-electron chi connectivity index (χ0n) is 10.4. The molecule has 0 saturated carbocycles. The number of amides is 1. The van der Waals surface area contributed by atoms with Gasteiger partial charge in [-0.05, 0) is 23.7 Å². The number of carbonyl (C=O) groups is 1. The van der Waals surface area contributed by atoms with E-state index in [1.165, 1.54) is 6.21 Å². The number of aromatic nitrogens is 2. The van der Waals surface area contributed by atoms with Gasteiger partial charge in [0.15, 0.2) is 0 Å². The van der Waals surface area contributed by atoms with Gasteiger partial charge >= 0.3 is 5.91 Å². The third kappa shape index (κ3) is 3.60. The Morgan fingerprint density at radius 3 is 2.76 bits per heavy atom. The normalized spacial score (nSPS) is 10.8. The van der Waals surface area contributed by atoms with E-state index >= 15 is 0 Å². The summed E-state index contributed by atoms with van der Waals surface area (Å²) in [5.74, 6) is -0.613.